The van der Waals surface area contributed by atoms with Crippen LogP contribution < -0.4 is 4.90 Å². The molecule has 7 aromatic rings. The maximum atomic E-state index is 11.3. The number of thiazole rings is 1. The molecule has 0 amide bonds. The van der Waals surface area contributed by atoms with E-state index >= 15 is 0 Å². The highest BCUT2D eigenvalue weighted by atomic mass is 32.1. The molecule has 1 N–H and O–H groups in total. The van der Waals surface area contributed by atoms with E-state index in [9.17, 15) is 5.11 Å². The molecule has 5 aromatic carbocycles. The molecule has 0 saturated carbocycles. The van der Waals surface area contributed by atoms with Gasteiger partial charge in [0.1, 0.15) is 5.75 Å². The Morgan fingerprint density at radius 2 is 1.12 bits per heavy atom. The van der Waals surface area contributed by atoms with Crippen LogP contribution in [0.15, 0.2) is 127 Å². The maximum absolute atomic E-state index is 11.3. The molecule has 0 saturated heterocycles. The maximum Gasteiger partial charge on any atom is 0.192 e. The van der Waals surface area contributed by atoms with Crippen molar-refractivity contribution in [1.82, 2.24) is 19.9 Å². The van der Waals surface area contributed by atoms with Crippen molar-refractivity contribution in [2.24, 2.45) is 0 Å². The number of rotatable bonds is 6. The van der Waals surface area contributed by atoms with Crippen LogP contribution in [0.2, 0.25) is 0 Å². The lowest BCUT2D eigenvalue weighted by Crippen LogP contribution is -2.11. The summed E-state index contributed by atoms with van der Waals surface area (Å²) in [4.78, 5) is 21.4. The highest BCUT2D eigenvalue weighted by Crippen LogP contribution is 2.44. The minimum absolute atomic E-state index is 0.136. The molecular formula is C35H25N5OS. The molecule has 6 nitrogen and oxygen atoms in total. The van der Waals surface area contributed by atoms with Crippen molar-refractivity contribution in [1.29, 1.82) is 0 Å². The van der Waals surface area contributed by atoms with E-state index in [1.165, 1.54) is 11.3 Å². The number of aromatic hydroxyl groups is 1. The summed E-state index contributed by atoms with van der Waals surface area (Å²) in [5, 5.41) is 12.0. The molecule has 2 aromatic heterocycles. The first-order valence-corrected chi connectivity index (χ1v) is 14.4. The molecule has 42 heavy (non-hydrogen) atoms. The number of aromatic nitrogens is 4. The predicted octanol–water partition coefficient (Wildman–Crippen LogP) is 8.97. The quantitative estimate of drug-likeness (QED) is 0.218. The lowest BCUT2D eigenvalue weighted by Gasteiger charge is -2.27. The van der Waals surface area contributed by atoms with Crippen molar-refractivity contribution in [3.63, 3.8) is 0 Å². The third kappa shape index (κ3) is 4.87. The van der Waals surface area contributed by atoms with E-state index in [0.29, 0.717) is 33.7 Å². The number of anilines is 3. The van der Waals surface area contributed by atoms with Crippen molar-refractivity contribution < 1.29 is 5.11 Å². The van der Waals surface area contributed by atoms with Gasteiger partial charge in [-0.25, -0.2) is 19.9 Å². The molecule has 202 valence electrons. The van der Waals surface area contributed by atoms with Crippen LogP contribution in [-0.2, 0) is 0 Å². The van der Waals surface area contributed by atoms with E-state index in [1.807, 2.05) is 109 Å². The largest absolute Gasteiger partial charge is 0.506 e. The summed E-state index contributed by atoms with van der Waals surface area (Å²) in [6.45, 7) is 2.07. The minimum atomic E-state index is 0.136. The van der Waals surface area contributed by atoms with E-state index < -0.39 is 0 Å². The fourth-order valence-electron chi connectivity index (χ4n) is 4.93. The zero-order valence-corrected chi connectivity index (χ0v) is 23.5. The average molecular weight is 564 g/mol. The van der Waals surface area contributed by atoms with Gasteiger partial charge in [-0.15, -0.1) is 11.3 Å². The Bertz CT molecular complexity index is 1950. The predicted molar refractivity (Wildman–Crippen MR) is 170 cm³/mol. The molecule has 0 aliphatic carbocycles. The van der Waals surface area contributed by atoms with Crippen LogP contribution in [0.1, 0.15) is 5.56 Å². The summed E-state index contributed by atoms with van der Waals surface area (Å²) < 4.78 is 0.912. The van der Waals surface area contributed by atoms with Gasteiger partial charge in [0, 0.05) is 28.6 Å². The van der Waals surface area contributed by atoms with Gasteiger partial charge in [-0.2, -0.15) is 0 Å². The molecule has 0 radical (unpaired) electrons. The first-order valence-electron chi connectivity index (χ1n) is 13.6. The number of hydrogen-bond donors (Lipinski definition) is 1. The summed E-state index contributed by atoms with van der Waals surface area (Å²) in [7, 11) is 0. The summed E-state index contributed by atoms with van der Waals surface area (Å²) in [5.74, 6) is 1.79. The number of aryl methyl sites for hydroxylation is 1. The molecular weight excluding hydrogens is 538 g/mol. The summed E-state index contributed by atoms with van der Waals surface area (Å²) in [6.07, 6.45) is 0. The molecule has 2 heterocycles. The van der Waals surface area contributed by atoms with Crippen molar-refractivity contribution in [2.45, 2.75) is 6.92 Å². The molecule has 0 unspecified atom stereocenters. The van der Waals surface area contributed by atoms with Gasteiger partial charge in [-0.1, -0.05) is 97.1 Å². The number of fused-ring (bicyclic) bond motifs is 1. The summed E-state index contributed by atoms with van der Waals surface area (Å²) >= 11 is 1.49. The van der Waals surface area contributed by atoms with E-state index in [4.69, 9.17) is 19.9 Å². The first-order chi connectivity index (χ1) is 20.6. The molecule has 0 atom stereocenters. The molecule has 0 bridgehead atoms. The number of phenolic OH excluding ortho intramolecular Hbond substituents is 1. The topological polar surface area (TPSA) is 75.0 Å². The molecule has 0 aliphatic heterocycles. The van der Waals surface area contributed by atoms with Gasteiger partial charge < -0.3 is 10.0 Å². The lowest BCUT2D eigenvalue weighted by atomic mass is 10.1. The summed E-state index contributed by atoms with van der Waals surface area (Å²) in [6, 6.07) is 41.7. The Kier molecular flexibility index (Phi) is 6.62. The van der Waals surface area contributed by atoms with Gasteiger partial charge in [-0.3, -0.25) is 0 Å². The normalized spacial score (nSPS) is 11.1. The Balaban J connectivity index is 1.38. The Labute approximate surface area is 247 Å². The second-order valence-corrected chi connectivity index (χ2v) is 10.9. The highest BCUT2D eigenvalue weighted by molar-refractivity contribution is 7.21. The van der Waals surface area contributed by atoms with E-state index in [0.717, 1.165) is 32.8 Å². The second kappa shape index (κ2) is 10.9. The third-order valence-electron chi connectivity index (χ3n) is 6.99. The number of phenols is 1. The zero-order valence-electron chi connectivity index (χ0n) is 22.7. The van der Waals surface area contributed by atoms with E-state index in [2.05, 4.69) is 24.0 Å². The summed E-state index contributed by atoms with van der Waals surface area (Å²) in [5.41, 5.74) is 6.18. The van der Waals surface area contributed by atoms with Crippen LogP contribution in [0, 0.1) is 6.92 Å². The van der Waals surface area contributed by atoms with Gasteiger partial charge in [-0.05, 0) is 36.8 Å². The van der Waals surface area contributed by atoms with Gasteiger partial charge in [0.25, 0.3) is 0 Å². The van der Waals surface area contributed by atoms with Gasteiger partial charge in [0.05, 0.1) is 15.9 Å². The number of benzene rings is 5. The van der Waals surface area contributed by atoms with E-state index in [-0.39, 0.29) is 5.75 Å². The number of nitrogens with zero attached hydrogens (tertiary/aromatic N) is 5. The fraction of sp³-hybridized carbons (Fsp3) is 0.0286. The van der Waals surface area contributed by atoms with Gasteiger partial charge in [0.2, 0.25) is 0 Å². The van der Waals surface area contributed by atoms with Crippen molar-refractivity contribution in [3.05, 3.63) is 133 Å². The Morgan fingerprint density at radius 3 is 1.74 bits per heavy atom. The SMILES string of the molecule is Cc1ccccc1N(c1ccccc1)c1cc2sc(-c3nc(-c4ccccc4)nc(-c4ccccc4)n3)nc2cc1O. The fourth-order valence-corrected chi connectivity index (χ4v) is 5.84. The lowest BCUT2D eigenvalue weighted by molar-refractivity contribution is 0.477. The smallest absolute Gasteiger partial charge is 0.192 e. The van der Waals surface area contributed by atoms with Crippen molar-refractivity contribution in [3.8, 4) is 39.4 Å². The molecule has 0 fully saturated rings. The van der Waals surface area contributed by atoms with Crippen LogP contribution in [0.5, 0.6) is 5.75 Å². The minimum Gasteiger partial charge on any atom is -0.506 e. The monoisotopic (exact) mass is 563 g/mol. The molecule has 7 heteroatoms. The van der Waals surface area contributed by atoms with Crippen LogP contribution in [-0.4, -0.2) is 25.0 Å². The number of para-hydroxylation sites is 2. The van der Waals surface area contributed by atoms with Crippen LogP contribution in [0.25, 0.3) is 43.8 Å². The van der Waals surface area contributed by atoms with Crippen LogP contribution >= 0.6 is 11.3 Å². The highest BCUT2D eigenvalue weighted by Gasteiger charge is 2.21. The molecule has 0 aliphatic rings. The number of hydrogen-bond acceptors (Lipinski definition) is 7. The van der Waals surface area contributed by atoms with Crippen molar-refractivity contribution in [2.75, 3.05) is 4.90 Å². The molecule has 7 rings (SSSR count). The Hall–Kier alpha value is -5.40. The first kappa shape index (κ1) is 25.6. The van der Waals surface area contributed by atoms with Crippen LogP contribution in [0.3, 0.4) is 0 Å². The Morgan fingerprint density at radius 1 is 0.571 bits per heavy atom. The standard InChI is InChI=1S/C35H25N5OS/c1-23-13-11-12-20-28(23)40(26-18-9-4-10-19-26)29-22-31-27(21-30(29)41)36-35(42-31)34-38-32(24-14-5-2-6-15-24)37-33(39-34)25-16-7-3-8-17-25/h2-22,41H,1H3. The average Bonchev–Trinajstić information content (AvgIpc) is 3.46. The van der Waals surface area contributed by atoms with Gasteiger partial charge in [0.15, 0.2) is 22.5 Å². The van der Waals surface area contributed by atoms with Gasteiger partial charge >= 0.3 is 0 Å². The zero-order chi connectivity index (χ0) is 28.5. The molecule has 0 spiro atoms. The van der Waals surface area contributed by atoms with Crippen LogP contribution in [0.4, 0.5) is 17.1 Å². The van der Waals surface area contributed by atoms with Crippen molar-refractivity contribution >= 4 is 38.6 Å². The second-order valence-electron chi connectivity index (χ2n) is 9.82. The third-order valence-corrected chi connectivity index (χ3v) is 8.00. The van der Waals surface area contributed by atoms with E-state index in [1.54, 1.807) is 6.07 Å².